The predicted molar refractivity (Wildman–Crippen MR) is 99.4 cm³/mol. The maximum absolute atomic E-state index is 12.3. The van der Waals surface area contributed by atoms with Crippen LogP contribution in [0.25, 0.3) is 10.9 Å². The summed E-state index contributed by atoms with van der Waals surface area (Å²) in [4.78, 5) is 16.4. The fourth-order valence-corrected chi connectivity index (χ4v) is 3.95. The maximum Gasteiger partial charge on any atom is 0.222 e. The summed E-state index contributed by atoms with van der Waals surface area (Å²) in [6, 6.07) is 10.1. The summed E-state index contributed by atoms with van der Waals surface area (Å²) in [5.41, 5.74) is 1.14. The molecule has 1 aliphatic rings. The molecule has 6 nitrogen and oxygen atoms in total. The molecule has 1 saturated carbocycles. The Hall–Kier alpha value is -2.60. The zero-order valence-electron chi connectivity index (χ0n) is 14.7. The molecule has 0 spiro atoms. The molecule has 6 heteroatoms. The summed E-state index contributed by atoms with van der Waals surface area (Å²) in [5.74, 6) is 0.355. The van der Waals surface area contributed by atoms with Gasteiger partial charge in [0.15, 0.2) is 0 Å². The number of aromatic nitrogens is 3. The minimum absolute atomic E-state index is 0.00453. The van der Waals surface area contributed by atoms with E-state index in [1.807, 2.05) is 29.1 Å². The van der Waals surface area contributed by atoms with Crippen LogP contribution >= 0.6 is 0 Å². The first kappa shape index (κ1) is 16.8. The molecule has 2 aromatic heterocycles. The van der Waals surface area contributed by atoms with Crippen LogP contribution in [0.5, 0.6) is 0 Å². The van der Waals surface area contributed by atoms with E-state index in [9.17, 15) is 9.90 Å². The van der Waals surface area contributed by atoms with Gasteiger partial charge in [0.25, 0.3) is 0 Å². The molecule has 0 radical (unpaired) electrons. The first-order valence-corrected chi connectivity index (χ1v) is 9.16. The lowest BCUT2D eigenvalue weighted by atomic mass is 10.1. The van der Waals surface area contributed by atoms with E-state index < -0.39 is 6.10 Å². The van der Waals surface area contributed by atoms with E-state index in [1.165, 1.54) is 5.39 Å². The van der Waals surface area contributed by atoms with Crippen molar-refractivity contribution in [1.29, 1.82) is 0 Å². The quantitative estimate of drug-likeness (QED) is 0.714. The summed E-state index contributed by atoms with van der Waals surface area (Å²) in [5, 5.41) is 14.5. The lowest BCUT2D eigenvalue weighted by Crippen LogP contribution is -2.40. The number of carbonyl (C=O) groups excluding carboxylic acids is 1. The SMILES string of the molecule is O=C(CCn1ccc2ccccc21)N[C@@H]1CC(Cn2ccnc2)C[C@H]1O. The second-order valence-corrected chi connectivity index (χ2v) is 7.16. The zero-order chi connectivity index (χ0) is 17.9. The molecule has 0 bridgehead atoms. The van der Waals surface area contributed by atoms with Crippen molar-refractivity contribution in [1.82, 2.24) is 19.4 Å². The molecule has 1 aliphatic carbocycles. The van der Waals surface area contributed by atoms with Crippen LogP contribution < -0.4 is 5.32 Å². The molecule has 2 N–H and O–H groups in total. The Labute approximate surface area is 152 Å². The number of para-hydroxylation sites is 1. The topological polar surface area (TPSA) is 72.1 Å². The number of benzene rings is 1. The van der Waals surface area contributed by atoms with Crippen LogP contribution in [0.4, 0.5) is 0 Å². The van der Waals surface area contributed by atoms with Crippen molar-refractivity contribution in [2.75, 3.05) is 0 Å². The van der Waals surface area contributed by atoms with Crippen LogP contribution in [0, 0.1) is 5.92 Å². The van der Waals surface area contributed by atoms with Crippen LogP contribution in [0.1, 0.15) is 19.3 Å². The van der Waals surface area contributed by atoms with Gasteiger partial charge >= 0.3 is 0 Å². The number of aryl methyl sites for hydroxylation is 1. The largest absolute Gasteiger partial charge is 0.391 e. The molecule has 2 heterocycles. The molecule has 1 fully saturated rings. The summed E-state index contributed by atoms with van der Waals surface area (Å²) in [6.07, 6.45) is 8.95. The van der Waals surface area contributed by atoms with Gasteiger partial charge in [0.1, 0.15) is 0 Å². The van der Waals surface area contributed by atoms with Crippen LogP contribution in [0.2, 0.25) is 0 Å². The van der Waals surface area contributed by atoms with Gasteiger partial charge in [-0.25, -0.2) is 4.98 Å². The number of aliphatic hydroxyl groups excluding tert-OH is 1. The number of imidazole rings is 1. The lowest BCUT2D eigenvalue weighted by Gasteiger charge is -2.16. The third kappa shape index (κ3) is 3.65. The molecule has 136 valence electrons. The highest BCUT2D eigenvalue weighted by Gasteiger charge is 2.33. The van der Waals surface area contributed by atoms with Gasteiger partial charge in [-0.15, -0.1) is 0 Å². The molecule has 1 amide bonds. The number of rotatable bonds is 6. The number of hydrogen-bond acceptors (Lipinski definition) is 3. The van der Waals surface area contributed by atoms with Crippen molar-refractivity contribution in [2.24, 2.45) is 5.92 Å². The van der Waals surface area contributed by atoms with Gasteiger partial charge in [0.05, 0.1) is 18.5 Å². The summed E-state index contributed by atoms with van der Waals surface area (Å²) >= 11 is 0. The van der Waals surface area contributed by atoms with Crippen molar-refractivity contribution < 1.29 is 9.90 Å². The number of hydrogen-bond donors (Lipinski definition) is 2. The average Bonchev–Trinajstić information content (AvgIpc) is 3.35. The van der Waals surface area contributed by atoms with Crippen molar-refractivity contribution in [3.63, 3.8) is 0 Å². The van der Waals surface area contributed by atoms with Crippen LogP contribution in [0.3, 0.4) is 0 Å². The van der Waals surface area contributed by atoms with Gasteiger partial charge in [-0.3, -0.25) is 4.79 Å². The van der Waals surface area contributed by atoms with Crippen LogP contribution in [0.15, 0.2) is 55.2 Å². The fraction of sp³-hybridized carbons (Fsp3) is 0.400. The monoisotopic (exact) mass is 352 g/mol. The Morgan fingerprint density at radius 2 is 2.12 bits per heavy atom. The van der Waals surface area contributed by atoms with E-state index in [0.717, 1.165) is 18.5 Å². The minimum atomic E-state index is -0.472. The van der Waals surface area contributed by atoms with E-state index in [-0.39, 0.29) is 11.9 Å². The number of amides is 1. The Bertz CT molecular complexity index is 871. The highest BCUT2D eigenvalue weighted by atomic mass is 16.3. The van der Waals surface area contributed by atoms with Gasteiger partial charge in [-0.1, -0.05) is 18.2 Å². The van der Waals surface area contributed by atoms with E-state index in [2.05, 4.69) is 33.1 Å². The molecule has 3 aromatic rings. The zero-order valence-corrected chi connectivity index (χ0v) is 14.7. The van der Waals surface area contributed by atoms with Crippen LogP contribution in [-0.4, -0.2) is 37.3 Å². The molecule has 26 heavy (non-hydrogen) atoms. The summed E-state index contributed by atoms with van der Waals surface area (Å²) in [6.45, 7) is 1.47. The van der Waals surface area contributed by atoms with Crippen molar-refractivity contribution >= 4 is 16.8 Å². The standard InChI is InChI=1S/C20H24N4O2/c25-19-12-15(13-23-10-7-21-14-23)11-17(19)22-20(26)6-9-24-8-5-16-3-1-2-4-18(16)24/h1-5,7-8,10,14-15,17,19,25H,6,9,11-13H2,(H,22,26)/t15?,17-,19-/m1/s1. The normalized spacial score (nSPS) is 22.7. The maximum atomic E-state index is 12.3. The number of fused-ring (bicyclic) bond motifs is 1. The van der Waals surface area contributed by atoms with Gasteiger partial charge in [-0.05, 0) is 36.3 Å². The predicted octanol–water partition coefficient (Wildman–Crippen LogP) is 2.18. The summed E-state index contributed by atoms with van der Waals surface area (Å²) < 4.78 is 4.13. The first-order valence-electron chi connectivity index (χ1n) is 9.16. The van der Waals surface area contributed by atoms with Crippen molar-refractivity contribution in [3.8, 4) is 0 Å². The smallest absolute Gasteiger partial charge is 0.222 e. The van der Waals surface area contributed by atoms with Gasteiger partial charge in [0.2, 0.25) is 5.91 Å². The van der Waals surface area contributed by atoms with E-state index in [0.29, 0.717) is 25.3 Å². The molecular formula is C20H24N4O2. The molecule has 0 aliphatic heterocycles. The Balaban J connectivity index is 1.29. The van der Waals surface area contributed by atoms with Gasteiger partial charge < -0.3 is 19.6 Å². The Morgan fingerprint density at radius 1 is 1.23 bits per heavy atom. The Morgan fingerprint density at radius 3 is 2.96 bits per heavy atom. The van der Waals surface area contributed by atoms with Gasteiger partial charge in [0, 0.05) is 43.6 Å². The van der Waals surface area contributed by atoms with Crippen molar-refractivity contribution in [3.05, 3.63) is 55.2 Å². The van der Waals surface area contributed by atoms with E-state index >= 15 is 0 Å². The molecule has 1 unspecified atom stereocenters. The Kier molecular flexibility index (Phi) is 4.75. The highest BCUT2D eigenvalue weighted by molar-refractivity contribution is 5.80. The average molecular weight is 352 g/mol. The third-order valence-electron chi connectivity index (χ3n) is 5.26. The minimum Gasteiger partial charge on any atom is -0.391 e. The van der Waals surface area contributed by atoms with Crippen LogP contribution in [-0.2, 0) is 17.9 Å². The number of aliphatic hydroxyl groups is 1. The first-order chi connectivity index (χ1) is 12.7. The number of nitrogens with zero attached hydrogens (tertiary/aromatic N) is 3. The second-order valence-electron chi connectivity index (χ2n) is 7.16. The van der Waals surface area contributed by atoms with Gasteiger partial charge in [-0.2, -0.15) is 0 Å². The van der Waals surface area contributed by atoms with E-state index in [1.54, 1.807) is 12.5 Å². The molecule has 1 aromatic carbocycles. The molecule has 3 atom stereocenters. The highest BCUT2D eigenvalue weighted by Crippen LogP contribution is 2.27. The van der Waals surface area contributed by atoms with E-state index in [4.69, 9.17) is 0 Å². The molecular weight excluding hydrogens is 328 g/mol. The summed E-state index contributed by atoms with van der Waals surface area (Å²) in [7, 11) is 0. The fourth-order valence-electron chi connectivity index (χ4n) is 3.95. The second kappa shape index (κ2) is 7.33. The molecule has 4 rings (SSSR count). The van der Waals surface area contributed by atoms with Crippen molar-refractivity contribution in [2.45, 2.75) is 44.5 Å². The third-order valence-corrected chi connectivity index (χ3v) is 5.26. The molecule has 0 saturated heterocycles. The lowest BCUT2D eigenvalue weighted by molar-refractivity contribution is -0.122. The number of carbonyl (C=O) groups is 1. The number of nitrogens with one attached hydrogen (secondary N) is 1.